The molecule has 130 valence electrons. The number of carbonyl (C=O) groups is 1. The zero-order chi connectivity index (χ0) is 18.0. The van der Waals surface area contributed by atoms with Gasteiger partial charge in [-0.15, -0.1) is 0 Å². The summed E-state index contributed by atoms with van der Waals surface area (Å²) in [4.78, 5) is 12.3. The molecule has 7 heteroatoms. The molecule has 0 saturated carbocycles. The molecule has 0 aliphatic carbocycles. The molecule has 0 saturated heterocycles. The summed E-state index contributed by atoms with van der Waals surface area (Å²) in [6.07, 6.45) is 0. The highest BCUT2D eigenvalue weighted by molar-refractivity contribution is 7.86. The lowest BCUT2D eigenvalue weighted by molar-refractivity contribution is 0.0700. The predicted molar refractivity (Wildman–Crippen MR) is 92.7 cm³/mol. The molecular weight excluding hydrogens is 332 g/mol. The van der Waals surface area contributed by atoms with Gasteiger partial charge in [0.25, 0.3) is 18.4 Å². The smallest absolute Gasteiger partial charge is 0.326 e. The van der Waals surface area contributed by atoms with Gasteiger partial charge < -0.3 is 4.43 Å². The normalized spacial score (nSPS) is 13.0. The van der Waals surface area contributed by atoms with Gasteiger partial charge in [-0.2, -0.15) is 8.42 Å². The molecule has 0 amide bonds. The molecule has 0 spiro atoms. The maximum Gasteiger partial charge on any atom is 0.326 e. The van der Waals surface area contributed by atoms with E-state index in [4.69, 9.17) is 4.43 Å². The van der Waals surface area contributed by atoms with E-state index >= 15 is 0 Å². The Morgan fingerprint density at radius 3 is 1.83 bits per heavy atom. The second kappa shape index (κ2) is 7.15. The van der Waals surface area contributed by atoms with E-state index in [9.17, 15) is 17.8 Å². The lowest BCUT2D eigenvalue weighted by Gasteiger charge is -2.41. The van der Waals surface area contributed by atoms with Crippen molar-refractivity contribution >= 4 is 24.4 Å². The molecule has 0 unspecified atom stereocenters. The van der Waals surface area contributed by atoms with E-state index in [1.807, 2.05) is 41.5 Å². The van der Waals surface area contributed by atoms with Crippen molar-refractivity contribution in [2.45, 2.75) is 63.1 Å². The highest BCUT2D eigenvalue weighted by Gasteiger charge is 2.48. The Hall–Kier alpha value is -1.18. The van der Waals surface area contributed by atoms with Crippen molar-refractivity contribution in [1.82, 2.24) is 0 Å². The summed E-state index contributed by atoms with van der Waals surface area (Å²) in [6, 6.07) is 5.58. The third-order valence-electron chi connectivity index (χ3n) is 4.36. The van der Waals surface area contributed by atoms with E-state index < -0.39 is 29.3 Å². The molecular formula is C16H26O5SSi. The summed E-state index contributed by atoms with van der Waals surface area (Å²) in [6.45, 7) is 12.2. The van der Waals surface area contributed by atoms with Crippen molar-refractivity contribution in [3.63, 3.8) is 0 Å². The van der Waals surface area contributed by atoms with Crippen LogP contribution in [0.3, 0.4) is 0 Å². The third kappa shape index (κ3) is 4.02. The van der Waals surface area contributed by atoms with E-state index in [2.05, 4.69) is 0 Å². The van der Waals surface area contributed by atoms with Crippen LogP contribution in [0.25, 0.3) is 0 Å². The molecule has 0 fully saturated rings. The molecule has 0 aliphatic heterocycles. The van der Waals surface area contributed by atoms with Crippen LogP contribution in [0.4, 0.5) is 0 Å². The van der Waals surface area contributed by atoms with Gasteiger partial charge in [0.05, 0.1) is 5.56 Å². The van der Waals surface area contributed by atoms with Gasteiger partial charge in [-0.3, -0.25) is 4.55 Å². The van der Waals surface area contributed by atoms with E-state index in [0.717, 1.165) is 0 Å². The fourth-order valence-corrected chi connectivity index (χ4v) is 9.25. The first-order chi connectivity index (χ1) is 10.4. The number of hydrogen-bond donors (Lipinski definition) is 1. The Bertz CT molecular complexity index is 643. The van der Waals surface area contributed by atoms with Crippen molar-refractivity contribution in [2.75, 3.05) is 0 Å². The standard InChI is InChI=1S/C16H26O5SSi/c1-11(2)23(12(3)4,13(5)6)21-16(17)14-9-7-8-10-15(14)22(18,19)20/h7-13H,1-6H3,(H,18,19,20). The topological polar surface area (TPSA) is 80.7 Å². The predicted octanol–water partition coefficient (Wildman–Crippen LogP) is 4.27. The second-order valence-electron chi connectivity index (χ2n) is 6.68. The van der Waals surface area contributed by atoms with Gasteiger partial charge in [-0.25, -0.2) is 4.79 Å². The molecule has 1 N–H and O–H groups in total. The molecule has 0 bridgehead atoms. The highest BCUT2D eigenvalue weighted by atomic mass is 32.2. The van der Waals surface area contributed by atoms with Crippen LogP contribution in [0.1, 0.15) is 51.9 Å². The summed E-state index contributed by atoms with van der Waals surface area (Å²) in [7, 11) is -6.96. The Morgan fingerprint density at radius 2 is 1.43 bits per heavy atom. The van der Waals surface area contributed by atoms with Crippen LogP contribution >= 0.6 is 0 Å². The molecule has 0 aromatic heterocycles. The first-order valence-corrected chi connectivity index (χ1v) is 11.3. The van der Waals surface area contributed by atoms with Crippen LogP contribution in [0, 0.1) is 0 Å². The maximum atomic E-state index is 12.7. The molecule has 1 rings (SSSR count). The molecule has 1 aromatic rings. The zero-order valence-corrected chi connectivity index (χ0v) is 16.3. The third-order valence-corrected chi connectivity index (χ3v) is 11.2. The van der Waals surface area contributed by atoms with Crippen LogP contribution in [0.2, 0.25) is 16.6 Å². The summed E-state index contributed by atoms with van der Waals surface area (Å²) < 4.78 is 38.3. The van der Waals surface area contributed by atoms with Crippen molar-refractivity contribution < 1.29 is 22.2 Å². The van der Waals surface area contributed by atoms with E-state index in [0.29, 0.717) is 0 Å². The van der Waals surface area contributed by atoms with Gasteiger partial charge in [0.2, 0.25) is 0 Å². The monoisotopic (exact) mass is 358 g/mol. The van der Waals surface area contributed by atoms with Crippen LogP contribution in [0.5, 0.6) is 0 Å². The largest absolute Gasteiger partial charge is 0.515 e. The number of hydrogen-bond acceptors (Lipinski definition) is 4. The van der Waals surface area contributed by atoms with Gasteiger partial charge in [0.1, 0.15) is 4.90 Å². The minimum atomic E-state index is -4.48. The highest BCUT2D eigenvalue weighted by Crippen LogP contribution is 2.42. The van der Waals surface area contributed by atoms with Gasteiger partial charge in [0.15, 0.2) is 0 Å². The van der Waals surface area contributed by atoms with Gasteiger partial charge in [-0.1, -0.05) is 53.7 Å². The van der Waals surface area contributed by atoms with Crippen molar-refractivity contribution in [2.24, 2.45) is 0 Å². The second-order valence-corrected chi connectivity index (χ2v) is 13.4. The number of carbonyl (C=O) groups excluding carboxylic acids is 1. The molecule has 1 aromatic carbocycles. The van der Waals surface area contributed by atoms with Crippen LogP contribution in [0.15, 0.2) is 29.2 Å². The van der Waals surface area contributed by atoms with Crippen molar-refractivity contribution in [1.29, 1.82) is 0 Å². The van der Waals surface area contributed by atoms with E-state index in [-0.39, 0.29) is 22.2 Å². The van der Waals surface area contributed by atoms with E-state index in [1.54, 1.807) is 6.07 Å². The maximum absolute atomic E-state index is 12.7. The summed E-state index contributed by atoms with van der Waals surface area (Å²) in [5, 5.41) is 0. The first kappa shape index (κ1) is 19.9. The summed E-state index contributed by atoms with van der Waals surface area (Å²) in [5.41, 5.74) is 0.437. The molecule has 5 nitrogen and oxygen atoms in total. The van der Waals surface area contributed by atoms with Crippen LogP contribution in [-0.4, -0.2) is 27.3 Å². The van der Waals surface area contributed by atoms with Crippen molar-refractivity contribution in [3.8, 4) is 0 Å². The SMILES string of the molecule is CC(C)[Si](OC(=O)c1ccccc1S(=O)(=O)O)(C(C)C)C(C)C. The van der Waals surface area contributed by atoms with Gasteiger partial charge >= 0.3 is 5.97 Å². The Kier molecular flexibility index (Phi) is 6.17. The Morgan fingerprint density at radius 1 is 1.00 bits per heavy atom. The lowest BCUT2D eigenvalue weighted by atomic mass is 10.2. The van der Waals surface area contributed by atoms with Gasteiger partial charge in [-0.05, 0) is 28.8 Å². The van der Waals surface area contributed by atoms with Crippen LogP contribution < -0.4 is 0 Å². The molecule has 0 atom stereocenters. The minimum absolute atomic E-state index is 0.117. The fourth-order valence-electron chi connectivity index (χ4n) is 3.43. The van der Waals surface area contributed by atoms with Gasteiger partial charge in [0, 0.05) is 0 Å². The fraction of sp³-hybridized carbons (Fsp3) is 0.562. The summed E-state index contributed by atoms with van der Waals surface area (Å²) >= 11 is 0. The minimum Gasteiger partial charge on any atom is -0.515 e. The quantitative estimate of drug-likeness (QED) is 0.607. The molecule has 23 heavy (non-hydrogen) atoms. The zero-order valence-electron chi connectivity index (χ0n) is 14.5. The summed E-state index contributed by atoms with van der Waals surface area (Å²) in [5.74, 6) is -0.680. The van der Waals surface area contributed by atoms with E-state index in [1.165, 1.54) is 18.2 Å². The number of benzene rings is 1. The van der Waals surface area contributed by atoms with Crippen molar-refractivity contribution in [3.05, 3.63) is 29.8 Å². The Labute approximate surface area is 139 Å². The molecule has 0 aliphatic rings. The lowest BCUT2D eigenvalue weighted by Crippen LogP contribution is -2.49. The van der Waals surface area contributed by atoms with Crippen LogP contribution in [-0.2, 0) is 14.5 Å². The average molecular weight is 359 g/mol. The Balaban J connectivity index is 3.36. The first-order valence-electron chi connectivity index (χ1n) is 7.74. The average Bonchev–Trinajstić information content (AvgIpc) is 2.42. The molecule has 0 radical (unpaired) electrons. The molecule has 0 heterocycles. The number of rotatable bonds is 6.